The third-order valence-electron chi connectivity index (χ3n) is 3.62. The molecule has 110 valence electrons. The Labute approximate surface area is 123 Å². The van der Waals surface area contributed by atoms with Gasteiger partial charge < -0.3 is 10.2 Å². The molecule has 1 aliphatic heterocycles. The van der Waals surface area contributed by atoms with Crippen LogP contribution < -0.4 is 10.2 Å². The number of nitrogens with one attached hydrogen (secondary N) is 1. The summed E-state index contributed by atoms with van der Waals surface area (Å²) in [5, 5.41) is 4.06. The number of nitrogens with zero attached hydrogens (tertiary/aromatic N) is 4. The summed E-state index contributed by atoms with van der Waals surface area (Å²) in [6, 6.07) is 2.11. The number of hydrogen-bond acceptors (Lipinski definition) is 5. The highest BCUT2D eigenvalue weighted by Gasteiger charge is 2.32. The molecule has 2 aromatic rings. The number of pyridine rings is 1. The Balaban J connectivity index is 1.70. The lowest BCUT2D eigenvalue weighted by Gasteiger charge is -2.41. The fraction of sp³-hybridized carbons (Fsp3) is 0.467. The van der Waals surface area contributed by atoms with E-state index in [2.05, 4.69) is 25.2 Å². The first kappa shape index (κ1) is 13.7. The SMILES string of the molecule is CC(C)(C)C(=O)NC1CN(c2ncnc3cnccc23)C1. The van der Waals surface area contributed by atoms with E-state index in [4.69, 9.17) is 0 Å². The molecule has 6 nitrogen and oxygen atoms in total. The van der Waals surface area contributed by atoms with Gasteiger partial charge in [-0.2, -0.15) is 0 Å². The minimum Gasteiger partial charge on any atom is -0.352 e. The highest BCUT2D eigenvalue weighted by Crippen LogP contribution is 2.26. The van der Waals surface area contributed by atoms with Gasteiger partial charge in [-0.15, -0.1) is 0 Å². The van der Waals surface area contributed by atoms with Crippen LogP contribution in [0.5, 0.6) is 0 Å². The number of anilines is 1. The Morgan fingerprint density at radius 3 is 2.81 bits per heavy atom. The lowest BCUT2D eigenvalue weighted by atomic mass is 9.94. The van der Waals surface area contributed by atoms with Gasteiger partial charge >= 0.3 is 0 Å². The van der Waals surface area contributed by atoms with E-state index < -0.39 is 0 Å². The topological polar surface area (TPSA) is 71.0 Å². The van der Waals surface area contributed by atoms with Crippen molar-refractivity contribution in [1.29, 1.82) is 0 Å². The van der Waals surface area contributed by atoms with Crippen molar-refractivity contribution in [3.63, 3.8) is 0 Å². The lowest BCUT2D eigenvalue weighted by Crippen LogP contribution is -2.61. The van der Waals surface area contributed by atoms with Crippen LogP contribution in [-0.2, 0) is 4.79 Å². The third kappa shape index (κ3) is 2.66. The second-order valence-electron chi connectivity index (χ2n) is 6.42. The highest BCUT2D eigenvalue weighted by atomic mass is 16.2. The molecule has 3 heterocycles. The van der Waals surface area contributed by atoms with E-state index in [0.29, 0.717) is 0 Å². The van der Waals surface area contributed by atoms with Gasteiger partial charge in [0, 0.05) is 30.1 Å². The Morgan fingerprint density at radius 1 is 1.33 bits per heavy atom. The van der Waals surface area contributed by atoms with Gasteiger partial charge in [0.2, 0.25) is 5.91 Å². The molecule has 0 bridgehead atoms. The molecule has 1 aliphatic rings. The fourth-order valence-electron chi connectivity index (χ4n) is 2.29. The van der Waals surface area contributed by atoms with E-state index in [9.17, 15) is 4.79 Å². The first-order chi connectivity index (χ1) is 9.95. The molecule has 21 heavy (non-hydrogen) atoms. The first-order valence-electron chi connectivity index (χ1n) is 7.06. The second kappa shape index (κ2) is 4.95. The number of fused-ring (bicyclic) bond motifs is 1. The number of aromatic nitrogens is 3. The molecular formula is C15H19N5O. The number of amides is 1. The maximum atomic E-state index is 12.0. The van der Waals surface area contributed by atoms with Crippen LogP contribution in [0.15, 0.2) is 24.8 Å². The predicted molar refractivity (Wildman–Crippen MR) is 80.9 cm³/mol. The van der Waals surface area contributed by atoms with Crippen LogP contribution in [0.1, 0.15) is 20.8 Å². The summed E-state index contributed by atoms with van der Waals surface area (Å²) in [7, 11) is 0. The Hall–Kier alpha value is -2.24. The summed E-state index contributed by atoms with van der Waals surface area (Å²) in [4.78, 5) is 26.8. The maximum Gasteiger partial charge on any atom is 0.225 e. The van der Waals surface area contributed by atoms with Crippen molar-refractivity contribution in [2.45, 2.75) is 26.8 Å². The van der Waals surface area contributed by atoms with Crippen molar-refractivity contribution in [2.75, 3.05) is 18.0 Å². The van der Waals surface area contributed by atoms with Gasteiger partial charge in [0.1, 0.15) is 12.1 Å². The third-order valence-corrected chi connectivity index (χ3v) is 3.62. The molecule has 1 fully saturated rings. The van der Waals surface area contributed by atoms with E-state index in [-0.39, 0.29) is 17.4 Å². The second-order valence-corrected chi connectivity index (χ2v) is 6.42. The van der Waals surface area contributed by atoms with Crippen LogP contribution in [0.3, 0.4) is 0 Å². The summed E-state index contributed by atoms with van der Waals surface area (Å²) < 4.78 is 0. The van der Waals surface area contributed by atoms with Crippen LogP contribution in [0.2, 0.25) is 0 Å². The summed E-state index contributed by atoms with van der Waals surface area (Å²) in [6.07, 6.45) is 5.04. The smallest absolute Gasteiger partial charge is 0.225 e. The average molecular weight is 285 g/mol. The zero-order valence-corrected chi connectivity index (χ0v) is 12.5. The molecule has 0 spiro atoms. The van der Waals surface area contributed by atoms with Crippen LogP contribution >= 0.6 is 0 Å². The molecule has 1 saturated heterocycles. The molecule has 1 N–H and O–H groups in total. The normalized spacial score (nSPS) is 15.9. The van der Waals surface area contributed by atoms with E-state index in [1.165, 1.54) is 0 Å². The molecule has 1 amide bonds. The standard InChI is InChI=1S/C15H19N5O/c1-15(2,3)14(21)19-10-7-20(8-10)13-11-4-5-16-6-12(11)17-9-18-13/h4-6,9-10H,7-8H2,1-3H3,(H,19,21). The van der Waals surface area contributed by atoms with E-state index in [0.717, 1.165) is 29.8 Å². The van der Waals surface area contributed by atoms with Crippen LogP contribution in [0.25, 0.3) is 10.9 Å². The molecule has 0 aliphatic carbocycles. The molecule has 0 saturated carbocycles. The van der Waals surface area contributed by atoms with Crippen molar-refractivity contribution < 1.29 is 4.79 Å². The maximum absolute atomic E-state index is 12.0. The number of carbonyl (C=O) groups excluding carboxylic acids is 1. The van der Waals surface area contributed by atoms with Gasteiger partial charge in [-0.25, -0.2) is 9.97 Å². The number of hydrogen-bond donors (Lipinski definition) is 1. The van der Waals surface area contributed by atoms with Crippen molar-refractivity contribution in [1.82, 2.24) is 20.3 Å². The first-order valence-corrected chi connectivity index (χ1v) is 7.06. The largest absolute Gasteiger partial charge is 0.352 e. The van der Waals surface area contributed by atoms with Gasteiger partial charge in [0.05, 0.1) is 17.8 Å². The summed E-state index contributed by atoms with van der Waals surface area (Å²) in [6.45, 7) is 7.31. The minimum absolute atomic E-state index is 0.0869. The minimum atomic E-state index is -0.353. The van der Waals surface area contributed by atoms with Gasteiger partial charge in [-0.1, -0.05) is 20.8 Å². The predicted octanol–water partition coefficient (Wildman–Crippen LogP) is 1.38. The molecule has 0 radical (unpaired) electrons. The quantitative estimate of drug-likeness (QED) is 0.902. The van der Waals surface area contributed by atoms with Crippen molar-refractivity contribution >= 4 is 22.6 Å². The lowest BCUT2D eigenvalue weighted by molar-refractivity contribution is -0.129. The highest BCUT2D eigenvalue weighted by molar-refractivity contribution is 5.89. The molecular weight excluding hydrogens is 266 g/mol. The van der Waals surface area contributed by atoms with Gasteiger partial charge in [-0.05, 0) is 6.07 Å². The molecule has 6 heteroatoms. The Morgan fingerprint density at radius 2 is 2.10 bits per heavy atom. The van der Waals surface area contributed by atoms with Crippen LogP contribution in [-0.4, -0.2) is 40.0 Å². The Kier molecular flexibility index (Phi) is 3.23. The Bertz CT molecular complexity index is 668. The molecule has 3 rings (SSSR count). The zero-order chi connectivity index (χ0) is 15.0. The van der Waals surface area contributed by atoms with Gasteiger partial charge in [0.25, 0.3) is 0 Å². The molecule has 0 atom stereocenters. The van der Waals surface area contributed by atoms with Crippen LogP contribution in [0, 0.1) is 5.41 Å². The number of rotatable bonds is 2. The summed E-state index contributed by atoms with van der Waals surface area (Å²) in [5.74, 6) is 0.993. The zero-order valence-electron chi connectivity index (χ0n) is 12.5. The van der Waals surface area contributed by atoms with Gasteiger partial charge in [-0.3, -0.25) is 9.78 Å². The fourth-order valence-corrected chi connectivity index (χ4v) is 2.29. The van der Waals surface area contributed by atoms with Crippen molar-refractivity contribution in [2.24, 2.45) is 5.41 Å². The van der Waals surface area contributed by atoms with Gasteiger partial charge in [0.15, 0.2) is 0 Å². The van der Waals surface area contributed by atoms with E-state index >= 15 is 0 Å². The average Bonchev–Trinajstić information content (AvgIpc) is 2.40. The molecule has 0 unspecified atom stereocenters. The van der Waals surface area contributed by atoms with Crippen molar-refractivity contribution in [3.05, 3.63) is 24.8 Å². The monoisotopic (exact) mass is 285 g/mol. The van der Waals surface area contributed by atoms with E-state index in [1.807, 2.05) is 26.8 Å². The van der Waals surface area contributed by atoms with Crippen LogP contribution in [0.4, 0.5) is 5.82 Å². The van der Waals surface area contributed by atoms with E-state index in [1.54, 1.807) is 18.7 Å². The molecule has 2 aromatic heterocycles. The summed E-state index contributed by atoms with van der Waals surface area (Å²) in [5.41, 5.74) is 0.484. The molecule has 0 aromatic carbocycles. The number of carbonyl (C=O) groups is 1. The summed E-state index contributed by atoms with van der Waals surface area (Å²) >= 11 is 0. The van der Waals surface area contributed by atoms with Crippen molar-refractivity contribution in [3.8, 4) is 0 Å².